The van der Waals surface area contributed by atoms with Crippen LogP contribution in [0.5, 0.6) is 0 Å². The van der Waals surface area contributed by atoms with Gasteiger partial charge in [0.25, 0.3) is 0 Å². The molecule has 0 bridgehead atoms. The van der Waals surface area contributed by atoms with Crippen LogP contribution < -0.4 is 5.73 Å². The van der Waals surface area contributed by atoms with Crippen LogP contribution in [0.4, 0.5) is 5.95 Å². The summed E-state index contributed by atoms with van der Waals surface area (Å²) in [6.45, 7) is 0. The van der Waals surface area contributed by atoms with Crippen LogP contribution in [0.15, 0.2) is 67.1 Å². The summed E-state index contributed by atoms with van der Waals surface area (Å²) >= 11 is 0. The Hall–Kier alpha value is -3.21. The fraction of sp³-hybridized carbons (Fsp3) is 0. The molecule has 2 N–H and O–H groups in total. The average molecular weight is 287 g/mol. The van der Waals surface area contributed by atoms with E-state index in [1.165, 1.54) is 0 Å². The van der Waals surface area contributed by atoms with E-state index >= 15 is 0 Å². The van der Waals surface area contributed by atoms with Gasteiger partial charge in [0.05, 0.1) is 0 Å². The molecule has 106 valence electrons. The molecule has 1 aromatic carbocycles. The van der Waals surface area contributed by atoms with Crippen LogP contribution in [0.25, 0.3) is 27.9 Å². The molecule has 0 aliphatic carbocycles. The molecule has 4 aromatic rings. The maximum absolute atomic E-state index is 5.77. The van der Waals surface area contributed by atoms with Crippen molar-refractivity contribution in [2.75, 3.05) is 5.73 Å². The molecular formula is C17H13N5. The van der Waals surface area contributed by atoms with Crippen molar-refractivity contribution in [3.8, 4) is 22.3 Å². The predicted octanol–water partition coefficient (Wildman–Crippen LogP) is 3.04. The lowest BCUT2D eigenvalue weighted by molar-refractivity contribution is 0.969. The highest BCUT2D eigenvalue weighted by atomic mass is 15.3. The first-order chi connectivity index (χ1) is 10.8. The van der Waals surface area contributed by atoms with Gasteiger partial charge in [-0.05, 0) is 23.3 Å². The second-order valence-corrected chi connectivity index (χ2v) is 4.95. The third-order valence-corrected chi connectivity index (χ3v) is 3.56. The summed E-state index contributed by atoms with van der Waals surface area (Å²) in [5, 5.41) is 4.20. The number of anilines is 1. The quantitative estimate of drug-likeness (QED) is 0.615. The minimum absolute atomic E-state index is 0.260. The minimum Gasteiger partial charge on any atom is -0.366 e. The summed E-state index contributed by atoms with van der Waals surface area (Å²) in [5.41, 5.74) is 10.7. The summed E-state index contributed by atoms with van der Waals surface area (Å²) in [4.78, 5) is 8.60. The van der Waals surface area contributed by atoms with Gasteiger partial charge in [-0.2, -0.15) is 4.98 Å². The zero-order valence-electron chi connectivity index (χ0n) is 11.7. The molecule has 0 unspecified atom stereocenters. The summed E-state index contributed by atoms with van der Waals surface area (Å²) in [7, 11) is 0. The molecule has 4 rings (SSSR count). The Morgan fingerprint density at radius 1 is 0.909 bits per heavy atom. The van der Waals surface area contributed by atoms with Gasteiger partial charge in [-0.1, -0.05) is 36.4 Å². The van der Waals surface area contributed by atoms with E-state index in [1.807, 2.05) is 48.8 Å². The predicted molar refractivity (Wildman–Crippen MR) is 86.1 cm³/mol. The van der Waals surface area contributed by atoms with Crippen molar-refractivity contribution in [3.63, 3.8) is 0 Å². The molecule has 5 nitrogen and oxygen atoms in total. The highest BCUT2D eigenvalue weighted by Crippen LogP contribution is 2.34. The van der Waals surface area contributed by atoms with Crippen molar-refractivity contribution in [1.29, 1.82) is 0 Å². The van der Waals surface area contributed by atoms with Crippen LogP contribution in [0.1, 0.15) is 0 Å². The van der Waals surface area contributed by atoms with E-state index in [1.54, 1.807) is 10.7 Å². The molecule has 0 aliphatic heterocycles. The van der Waals surface area contributed by atoms with Crippen molar-refractivity contribution in [3.05, 3.63) is 67.1 Å². The summed E-state index contributed by atoms with van der Waals surface area (Å²) < 4.78 is 1.70. The first-order valence-electron chi connectivity index (χ1n) is 6.93. The Labute approximate surface area is 127 Å². The topological polar surface area (TPSA) is 69.1 Å². The number of benzene rings is 1. The first-order valence-corrected chi connectivity index (χ1v) is 6.93. The van der Waals surface area contributed by atoms with Gasteiger partial charge in [-0.25, -0.2) is 4.52 Å². The number of nitrogens with two attached hydrogens (primary N) is 1. The van der Waals surface area contributed by atoms with Gasteiger partial charge in [0.1, 0.15) is 0 Å². The third-order valence-electron chi connectivity index (χ3n) is 3.56. The van der Waals surface area contributed by atoms with Crippen molar-refractivity contribution >= 4 is 11.6 Å². The molecule has 0 amide bonds. The zero-order chi connectivity index (χ0) is 14.9. The minimum atomic E-state index is 0.260. The first kappa shape index (κ1) is 12.5. The van der Waals surface area contributed by atoms with Crippen LogP contribution in [0.3, 0.4) is 0 Å². The van der Waals surface area contributed by atoms with E-state index in [4.69, 9.17) is 5.73 Å². The second kappa shape index (κ2) is 4.96. The number of rotatable bonds is 2. The van der Waals surface area contributed by atoms with E-state index in [0.717, 1.165) is 27.9 Å². The number of fused-ring (bicyclic) bond motifs is 1. The molecule has 22 heavy (non-hydrogen) atoms. The fourth-order valence-electron chi connectivity index (χ4n) is 2.62. The van der Waals surface area contributed by atoms with Crippen LogP contribution in [0, 0.1) is 0 Å². The lowest BCUT2D eigenvalue weighted by Gasteiger charge is -2.10. The molecule has 3 heterocycles. The smallest absolute Gasteiger partial charge is 0.240 e. The van der Waals surface area contributed by atoms with Gasteiger partial charge in [0, 0.05) is 29.7 Å². The van der Waals surface area contributed by atoms with Crippen LogP contribution in [-0.4, -0.2) is 19.6 Å². The van der Waals surface area contributed by atoms with Crippen molar-refractivity contribution in [1.82, 2.24) is 19.6 Å². The van der Waals surface area contributed by atoms with E-state index in [-0.39, 0.29) is 5.95 Å². The highest BCUT2D eigenvalue weighted by Gasteiger charge is 2.15. The number of aromatic nitrogens is 4. The molecule has 0 spiro atoms. The zero-order valence-corrected chi connectivity index (χ0v) is 11.7. The Bertz CT molecular complexity index is 929. The van der Waals surface area contributed by atoms with Crippen LogP contribution >= 0.6 is 0 Å². The summed E-state index contributed by atoms with van der Waals surface area (Å²) in [5.74, 6) is 0.260. The molecule has 3 aromatic heterocycles. The monoisotopic (exact) mass is 287 g/mol. The maximum atomic E-state index is 5.77. The van der Waals surface area contributed by atoms with E-state index in [2.05, 4.69) is 27.2 Å². The van der Waals surface area contributed by atoms with Gasteiger partial charge in [0.2, 0.25) is 5.95 Å². The Morgan fingerprint density at radius 2 is 1.73 bits per heavy atom. The molecule has 5 heteroatoms. The van der Waals surface area contributed by atoms with E-state index in [0.29, 0.717) is 0 Å². The second-order valence-electron chi connectivity index (χ2n) is 4.95. The van der Waals surface area contributed by atoms with Gasteiger partial charge in [0.15, 0.2) is 5.65 Å². The van der Waals surface area contributed by atoms with Crippen LogP contribution in [-0.2, 0) is 0 Å². The Balaban J connectivity index is 2.09. The van der Waals surface area contributed by atoms with Crippen molar-refractivity contribution < 1.29 is 0 Å². The van der Waals surface area contributed by atoms with Gasteiger partial charge >= 0.3 is 0 Å². The normalized spacial score (nSPS) is 10.9. The molecule has 0 aliphatic rings. The van der Waals surface area contributed by atoms with Crippen molar-refractivity contribution in [2.24, 2.45) is 0 Å². The molecule has 0 saturated heterocycles. The standard InChI is InChI=1S/C17H13N5/c18-17-20-16-15(13-7-4-9-19-11-13)14(8-10-22(16)21-17)12-5-2-1-3-6-12/h1-11H,(H2,18,21). The van der Waals surface area contributed by atoms with Gasteiger partial charge < -0.3 is 5.73 Å². The Kier molecular flexibility index (Phi) is 2.83. The molecule has 0 atom stereocenters. The largest absolute Gasteiger partial charge is 0.366 e. The fourth-order valence-corrected chi connectivity index (χ4v) is 2.62. The lowest BCUT2D eigenvalue weighted by atomic mass is 9.97. The van der Waals surface area contributed by atoms with Gasteiger partial charge in [-0.3, -0.25) is 4.98 Å². The molecular weight excluding hydrogens is 274 g/mol. The highest BCUT2D eigenvalue weighted by molar-refractivity contribution is 5.91. The third kappa shape index (κ3) is 2.00. The maximum Gasteiger partial charge on any atom is 0.240 e. The van der Waals surface area contributed by atoms with E-state index in [9.17, 15) is 0 Å². The van der Waals surface area contributed by atoms with Gasteiger partial charge in [-0.15, -0.1) is 5.10 Å². The average Bonchev–Trinajstić information content (AvgIpc) is 2.95. The molecule has 0 saturated carbocycles. The Morgan fingerprint density at radius 3 is 2.50 bits per heavy atom. The van der Waals surface area contributed by atoms with Crippen molar-refractivity contribution in [2.45, 2.75) is 0 Å². The number of pyridine rings is 2. The number of nitrogen functional groups attached to an aromatic ring is 1. The molecule has 0 radical (unpaired) electrons. The SMILES string of the molecule is Nc1nc2c(-c3cccnc3)c(-c3ccccc3)ccn2n1. The number of nitrogens with zero attached hydrogens (tertiary/aromatic N) is 4. The lowest BCUT2D eigenvalue weighted by Crippen LogP contribution is -1.94. The number of hydrogen-bond acceptors (Lipinski definition) is 4. The number of hydrogen-bond donors (Lipinski definition) is 1. The summed E-state index contributed by atoms with van der Waals surface area (Å²) in [6, 6.07) is 16.1. The van der Waals surface area contributed by atoms with E-state index < -0.39 is 0 Å². The van der Waals surface area contributed by atoms with Crippen LogP contribution in [0.2, 0.25) is 0 Å². The summed E-state index contributed by atoms with van der Waals surface area (Å²) in [6.07, 6.45) is 5.46. The molecule has 0 fully saturated rings.